The van der Waals surface area contributed by atoms with Crippen LogP contribution in [0.25, 0.3) is 0 Å². The van der Waals surface area contributed by atoms with Crippen LogP contribution in [0.4, 0.5) is 11.4 Å². The number of hydrogen-bond acceptors (Lipinski definition) is 7. The minimum absolute atomic E-state index is 0.0698. The molecule has 2 atom stereocenters. The zero-order chi connectivity index (χ0) is 26.8. The summed E-state index contributed by atoms with van der Waals surface area (Å²) in [5.41, 5.74) is 6.71. The summed E-state index contributed by atoms with van der Waals surface area (Å²) in [6, 6.07) is 22.1. The first-order chi connectivity index (χ1) is 19.1. The Morgan fingerprint density at radius 2 is 2.03 bits per heavy atom. The number of fused-ring (bicyclic) bond motifs is 2. The van der Waals surface area contributed by atoms with Gasteiger partial charge in [0.15, 0.2) is 0 Å². The third-order valence-electron chi connectivity index (χ3n) is 7.27. The van der Waals surface area contributed by atoms with Crippen LogP contribution in [0, 0.1) is 6.92 Å². The Bertz CT molecular complexity index is 1540. The number of aromatic nitrogens is 2. The van der Waals surface area contributed by atoms with Gasteiger partial charge in [0.1, 0.15) is 23.3 Å². The van der Waals surface area contributed by atoms with Gasteiger partial charge in [0, 0.05) is 55.3 Å². The lowest BCUT2D eigenvalue weighted by atomic mass is 9.95. The number of benzene rings is 2. The number of para-hydroxylation sites is 1. The van der Waals surface area contributed by atoms with Crippen molar-refractivity contribution in [2.45, 2.75) is 25.5 Å². The highest BCUT2D eigenvalue weighted by Gasteiger charge is 2.29. The van der Waals surface area contributed by atoms with Crippen molar-refractivity contribution in [3.63, 3.8) is 0 Å². The average molecular weight is 525 g/mol. The van der Waals surface area contributed by atoms with E-state index in [1.54, 1.807) is 13.3 Å². The lowest BCUT2D eigenvalue weighted by Gasteiger charge is -2.35. The highest BCUT2D eigenvalue weighted by atomic mass is 16.5. The number of H-pyrrole nitrogens is 1. The first-order valence-corrected chi connectivity index (χ1v) is 13.2. The molecule has 2 aliphatic heterocycles. The second kappa shape index (κ2) is 10.9. The Morgan fingerprint density at radius 3 is 2.87 bits per heavy atom. The molecule has 1 fully saturated rings. The maximum Gasteiger partial charge on any atom is 0.271 e. The number of morpholine rings is 1. The molecule has 2 aliphatic rings. The summed E-state index contributed by atoms with van der Waals surface area (Å²) >= 11 is 0. The standard InChI is InChI=1S/C31H32N4O4/c1-20-6-3-9-25(33-20)26(19-37-2)34-23-11-12-28-22(17-23)16-21-7-4-8-24(30(21)39-28)29-18-35(14-15-38-29)27-10-5-13-32-31(27)36/h3-13,17,26,29,34H,14-16,18-19H2,1-2H3,(H,32,36). The summed E-state index contributed by atoms with van der Waals surface area (Å²) in [5, 5.41) is 3.59. The molecule has 2 aromatic carbocycles. The predicted molar refractivity (Wildman–Crippen MR) is 151 cm³/mol. The summed E-state index contributed by atoms with van der Waals surface area (Å²) in [5.74, 6) is 1.69. The van der Waals surface area contributed by atoms with E-state index in [0.29, 0.717) is 32.0 Å². The summed E-state index contributed by atoms with van der Waals surface area (Å²) in [6.45, 7) is 4.28. The molecule has 0 saturated carbocycles. The van der Waals surface area contributed by atoms with Gasteiger partial charge in [0.05, 0.1) is 24.9 Å². The van der Waals surface area contributed by atoms with E-state index in [9.17, 15) is 4.79 Å². The third kappa shape index (κ3) is 5.26. The Labute approximate surface area is 227 Å². The zero-order valence-corrected chi connectivity index (χ0v) is 22.1. The SMILES string of the molecule is COCC(Nc1ccc2c(c1)Cc1cccc(C3CN(c4ccc[nH]c4=O)CCO3)c1O2)c1cccc(C)n1. The molecule has 2 N–H and O–H groups in total. The number of hydrogen-bond donors (Lipinski definition) is 2. The molecule has 200 valence electrons. The highest BCUT2D eigenvalue weighted by Crippen LogP contribution is 2.43. The van der Waals surface area contributed by atoms with Gasteiger partial charge in [-0.2, -0.15) is 0 Å². The lowest BCUT2D eigenvalue weighted by Crippen LogP contribution is -2.41. The molecule has 0 radical (unpaired) electrons. The van der Waals surface area contributed by atoms with Gasteiger partial charge in [-0.1, -0.05) is 24.3 Å². The van der Waals surface area contributed by atoms with Gasteiger partial charge >= 0.3 is 0 Å². The van der Waals surface area contributed by atoms with E-state index in [1.807, 2.05) is 49.4 Å². The highest BCUT2D eigenvalue weighted by molar-refractivity contribution is 5.59. The first kappa shape index (κ1) is 25.2. The van der Waals surface area contributed by atoms with E-state index < -0.39 is 0 Å². The maximum absolute atomic E-state index is 12.4. The van der Waals surface area contributed by atoms with E-state index >= 15 is 0 Å². The van der Waals surface area contributed by atoms with Crippen LogP contribution in [0.5, 0.6) is 11.5 Å². The van der Waals surface area contributed by atoms with E-state index in [2.05, 4.69) is 44.5 Å². The van der Waals surface area contributed by atoms with Crippen molar-refractivity contribution >= 4 is 11.4 Å². The quantitative estimate of drug-likeness (QED) is 0.304. The second-order valence-electron chi connectivity index (χ2n) is 9.98. The molecule has 4 heterocycles. The van der Waals surface area contributed by atoms with Gasteiger partial charge in [0.25, 0.3) is 5.56 Å². The molecule has 2 unspecified atom stereocenters. The number of methoxy groups -OCH3 is 1. The predicted octanol–water partition coefficient (Wildman–Crippen LogP) is 5.15. The Balaban J connectivity index is 1.23. The van der Waals surface area contributed by atoms with Crippen molar-refractivity contribution < 1.29 is 14.2 Å². The molecule has 6 rings (SSSR count). The van der Waals surface area contributed by atoms with E-state index in [4.69, 9.17) is 14.2 Å². The van der Waals surface area contributed by atoms with Gasteiger partial charge in [-0.15, -0.1) is 0 Å². The smallest absolute Gasteiger partial charge is 0.271 e. The van der Waals surface area contributed by atoms with Gasteiger partial charge in [-0.25, -0.2) is 0 Å². The number of nitrogens with one attached hydrogen (secondary N) is 2. The van der Waals surface area contributed by atoms with Crippen LogP contribution in [0.15, 0.2) is 77.7 Å². The van der Waals surface area contributed by atoms with Crippen molar-refractivity contribution in [3.8, 4) is 11.5 Å². The summed E-state index contributed by atoms with van der Waals surface area (Å²) in [4.78, 5) is 21.9. The molecule has 1 saturated heterocycles. The van der Waals surface area contributed by atoms with Crippen molar-refractivity contribution in [2.24, 2.45) is 0 Å². The number of anilines is 2. The van der Waals surface area contributed by atoms with Crippen LogP contribution in [0.2, 0.25) is 0 Å². The molecule has 0 aliphatic carbocycles. The van der Waals surface area contributed by atoms with Crippen LogP contribution in [0.3, 0.4) is 0 Å². The van der Waals surface area contributed by atoms with Crippen molar-refractivity contribution in [1.82, 2.24) is 9.97 Å². The number of ether oxygens (including phenoxy) is 3. The third-order valence-corrected chi connectivity index (χ3v) is 7.27. The topological polar surface area (TPSA) is 88.7 Å². The molecule has 8 nitrogen and oxygen atoms in total. The molecule has 0 amide bonds. The van der Waals surface area contributed by atoms with Gasteiger partial charge in [-0.3, -0.25) is 9.78 Å². The van der Waals surface area contributed by atoms with Gasteiger partial charge < -0.3 is 29.4 Å². The molecule has 2 aromatic heterocycles. The van der Waals surface area contributed by atoms with Crippen molar-refractivity contribution in [1.29, 1.82) is 0 Å². The minimum atomic E-state index is -0.201. The average Bonchev–Trinajstić information content (AvgIpc) is 2.96. The van der Waals surface area contributed by atoms with Crippen LogP contribution in [0.1, 0.15) is 40.2 Å². The number of pyridine rings is 2. The molecule has 0 spiro atoms. The minimum Gasteiger partial charge on any atom is -0.456 e. The van der Waals surface area contributed by atoms with Crippen molar-refractivity contribution in [2.75, 3.05) is 43.6 Å². The number of aromatic amines is 1. The maximum atomic E-state index is 12.4. The zero-order valence-electron chi connectivity index (χ0n) is 22.1. The summed E-state index contributed by atoms with van der Waals surface area (Å²) in [7, 11) is 1.70. The Morgan fingerprint density at radius 1 is 1.13 bits per heavy atom. The molecular formula is C31H32N4O4. The monoisotopic (exact) mass is 524 g/mol. The summed E-state index contributed by atoms with van der Waals surface area (Å²) in [6.07, 6.45) is 2.20. The lowest BCUT2D eigenvalue weighted by molar-refractivity contribution is 0.0383. The van der Waals surface area contributed by atoms with E-state index in [0.717, 1.165) is 51.7 Å². The fourth-order valence-electron chi connectivity index (χ4n) is 5.39. The van der Waals surface area contributed by atoms with Crippen LogP contribution in [-0.2, 0) is 15.9 Å². The molecule has 4 aromatic rings. The van der Waals surface area contributed by atoms with Gasteiger partial charge in [-0.05, 0) is 55.0 Å². The fourth-order valence-corrected chi connectivity index (χ4v) is 5.39. The Kier molecular flexibility index (Phi) is 7.04. The summed E-state index contributed by atoms with van der Waals surface area (Å²) < 4.78 is 18.2. The molecule has 8 heteroatoms. The van der Waals surface area contributed by atoms with Crippen molar-refractivity contribution in [3.05, 3.63) is 111 Å². The van der Waals surface area contributed by atoms with E-state index in [-0.39, 0.29) is 17.7 Å². The largest absolute Gasteiger partial charge is 0.456 e. The fraction of sp³-hybridized carbons (Fsp3) is 0.290. The molecular weight excluding hydrogens is 492 g/mol. The first-order valence-electron chi connectivity index (χ1n) is 13.2. The van der Waals surface area contributed by atoms with Crippen LogP contribution >= 0.6 is 0 Å². The number of rotatable bonds is 7. The Hall–Kier alpha value is -4.14. The number of aryl methyl sites for hydroxylation is 1. The van der Waals surface area contributed by atoms with Crippen LogP contribution < -0.4 is 20.5 Å². The molecule has 0 bridgehead atoms. The van der Waals surface area contributed by atoms with Crippen LogP contribution in [-0.4, -0.2) is 43.4 Å². The second-order valence-corrected chi connectivity index (χ2v) is 9.98. The normalized spacial score (nSPS) is 17.1. The number of nitrogens with zero attached hydrogens (tertiary/aromatic N) is 2. The van der Waals surface area contributed by atoms with Gasteiger partial charge in [0.2, 0.25) is 0 Å². The molecule has 39 heavy (non-hydrogen) atoms. The van der Waals surface area contributed by atoms with E-state index in [1.165, 1.54) is 0 Å².